The Kier molecular flexibility index (Phi) is 3.29. The molecular weight excluding hydrogens is 252 g/mol. The number of rotatable bonds is 2. The number of hydrogen-bond acceptors (Lipinski definition) is 4. The fourth-order valence-corrected chi connectivity index (χ4v) is 2.09. The second kappa shape index (κ2) is 4.73. The van der Waals surface area contributed by atoms with E-state index in [1.54, 1.807) is 31.2 Å². The third-order valence-corrected chi connectivity index (χ3v) is 2.98. The maximum Gasteiger partial charge on any atom is 0.337 e. The van der Waals surface area contributed by atoms with E-state index in [9.17, 15) is 9.59 Å². The molecule has 0 spiro atoms. The second-order valence-electron chi connectivity index (χ2n) is 3.88. The molecule has 6 heteroatoms. The van der Waals surface area contributed by atoms with Gasteiger partial charge in [-0.1, -0.05) is 0 Å². The Hall–Kier alpha value is -1.95. The number of methoxy groups -OCH3 is 1. The van der Waals surface area contributed by atoms with Gasteiger partial charge in [0.15, 0.2) is 5.11 Å². The molecule has 1 aliphatic rings. The van der Waals surface area contributed by atoms with Crippen molar-refractivity contribution in [2.45, 2.75) is 13.0 Å². The first-order chi connectivity index (χ1) is 8.54. The van der Waals surface area contributed by atoms with Crippen molar-refractivity contribution >= 4 is 34.9 Å². The molecule has 1 amide bonds. The van der Waals surface area contributed by atoms with Gasteiger partial charge < -0.3 is 10.1 Å². The van der Waals surface area contributed by atoms with Crippen LogP contribution >= 0.6 is 12.2 Å². The minimum atomic E-state index is -0.414. The van der Waals surface area contributed by atoms with Crippen LogP contribution in [-0.4, -0.2) is 30.1 Å². The van der Waals surface area contributed by atoms with Gasteiger partial charge in [-0.25, -0.2) is 4.79 Å². The summed E-state index contributed by atoms with van der Waals surface area (Å²) >= 11 is 5.09. The number of ether oxygens (including phenoxy) is 1. The number of amides is 1. The molecule has 5 nitrogen and oxygen atoms in total. The third-order valence-electron chi connectivity index (χ3n) is 2.68. The number of anilines is 1. The molecule has 1 fully saturated rings. The number of hydrogen-bond donors (Lipinski definition) is 1. The molecule has 94 valence electrons. The molecule has 0 saturated carbocycles. The molecule has 0 aliphatic carbocycles. The van der Waals surface area contributed by atoms with Crippen LogP contribution in [0.15, 0.2) is 24.3 Å². The molecule has 18 heavy (non-hydrogen) atoms. The summed E-state index contributed by atoms with van der Waals surface area (Å²) < 4.78 is 4.60. The van der Waals surface area contributed by atoms with Crippen molar-refractivity contribution in [3.8, 4) is 0 Å². The fraction of sp³-hybridized carbons (Fsp3) is 0.250. The monoisotopic (exact) mass is 264 g/mol. The van der Waals surface area contributed by atoms with Gasteiger partial charge in [-0.3, -0.25) is 9.69 Å². The minimum Gasteiger partial charge on any atom is -0.465 e. The smallest absolute Gasteiger partial charge is 0.337 e. The lowest BCUT2D eigenvalue weighted by molar-refractivity contribution is -0.117. The fourth-order valence-electron chi connectivity index (χ4n) is 1.71. The average molecular weight is 264 g/mol. The van der Waals surface area contributed by atoms with Crippen LogP contribution in [0, 0.1) is 0 Å². The van der Waals surface area contributed by atoms with E-state index in [2.05, 4.69) is 10.1 Å². The Bertz CT molecular complexity index is 513. The summed E-state index contributed by atoms with van der Waals surface area (Å²) in [6, 6.07) is 6.20. The van der Waals surface area contributed by atoms with Crippen LogP contribution in [0.25, 0.3) is 0 Å². The van der Waals surface area contributed by atoms with E-state index >= 15 is 0 Å². The Labute approximate surface area is 110 Å². The molecule has 0 bridgehead atoms. The molecule has 1 aromatic rings. The second-order valence-corrected chi connectivity index (χ2v) is 4.27. The van der Waals surface area contributed by atoms with Gasteiger partial charge in [-0.2, -0.15) is 0 Å². The Balaban J connectivity index is 2.27. The van der Waals surface area contributed by atoms with E-state index in [0.717, 1.165) is 0 Å². The van der Waals surface area contributed by atoms with Crippen molar-refractivity contribution in [1.82, 2.24) is 5.32 Å². The van der Waals surface area contributed by atoms with Gasteiger partial charge in [0.25, 0.3) is 5.91 Å². The summed E-state index contributed by atoms with van der Waals surface area (Å²) in [4.78, 5) is 24.6. The average Bonchev–Trinajstić information content (AvgIpc) is 2.63. The van der Waals surface area contributed by atoms with Crippen molar-refractivity contribution in [3.05, 3.63) is 29.8 Å². The molecule has 1 unspecified atom stereocenters. The highest BCUT2D eigenvalue weighted by molar-refractivity contribution is 7.80. The minimum absolute atomic E-state index is 0.106. The van der Waals surface area contributed by atoms with Crippen LogP contribution in [0.5, 0.6) is 0 Å². The molecule has 1 atom stereocenters. The summed E-state index contributed by atoms with van der Waals surface area (Å²) in [5.74, 6) is -0.519. The van der Waals surface area contributed by atoms with Crippen LogP contribution < -0.4 is 10.2 Å². The normalized spacial score (nSPS) is 18.8. The van der Waals surface area contributed by atoms with Crippen molar-refractivity contribution in [1.29, 1.82) is 0 Å². The lowest BCUT2D eigenvalue weighted by Crippen LogP contribution is -2.30. The molecule has 2 rings (SSSR count). The SMILES string of the molecule is COC(=O)c1ccc(N2C(=O)C(C)NC2=S)cc1. The van der Waals surface area contributed by atoms with E-state index in [-0.39, 0.29) is 11.9 Å². The molecular formula is C12H12N2O3S. The molecule has 1 saturated heterocycles. The number of nitrogens with zero attached hydrogens (tertiary/aromatic N) is 1. The van der Waals surface area contributed by atoms with Crippen molar-refractivity contribution in [2.75, 3.05) is 12.0 Å². The zero-order valence-electron chi connectivity index (χ0n) is 9.97. The molecule has 1 heterocycles. The number of benzene rings is 1. The van der Waals surface area contributed by atoms with E-state index in [0.29, 0.717) is 16.4 Å². The molecule has 1 aliphatic heterocycles. The summed E-state index contributed by atoms with van der Waals surface area (Å²) in [7, 11) is 1.32. The first-order valence-electron chi connectivity index (χ1n) is 5.37. The van der Waals surface area contributed by atoms with E-state index in [4.69, 9.17) is 12.2 Å². The molecule has 1 aromatic carbocycles. The molecule has 0 aromatic heterocycles. The third kappa shape index (κ3) is 2.06. The first kappa shape index (κ1) is 12.5. The summed E-state index contributed by atoms with van der Waals surface area (Å²) in [6.45, 7) is 1.75. The maximum absolute atomic E-state index is 11.9. The van der Waals surface area contributed by atoms with Gasteiger partial charge in [0.05, 0.1) is 18.4 Å². The summed E-state index contributed by atoms with van der Waals surface area (Å²) in [6.07, 6.45) is 0. The summed E-state index contributed by atoms with van der Waals surface area (Å²) in [5, 5.41) is 3.25. The van der Waals surface area contributed by atoms with Gasteiger partial charge in [-0.05, 0) is 43.4 Å². The number of nitrogens with one attached hydrogen (secondary N) is 1. The highest BCUT2D eigenvalue weighted by Gasteiger charge is 2.33. The quantitative estimate of drug-likeness (QED) is 0.640. The largest absolute Gasteiger partial charge is 0.465 e. The van der Waals surface area contributed by atoms with Gasteiger partial charge >= 0.3 is 5.97 Å². The standard InChI is InChI=1S/C12H12N2O3S/c1-7-10(15)14(12(18)13-7)9-5-3-8(4-6-9)11(16)17-2/h3-7H,1-2H3,(H,13,18). The van der Waals surface area contributed by atoms with E-state index in [1.807, 2.05) is 0 Å². The van der Waals surface area contributed by atoms with Gasteiger partial charge in [0, 0.05) is 0 Å². The Morgan fingerprint density at radius 1 is 1.39 bits per heavy atom. The predicted molar refractivity (Wildman–Crippen MR) is 70.5 cm³/mol. The Morgan fingerprint density at radius 2 is 2.00 bits per heavy atom. The van der Waals surface area contributed by atoms with Crippen LogP contribution in [0.4, 0.5) is 5.69 Å². The highest BCUT2D eigenvalue weighted by Crippen LogP contribution is 2.20. The number of thiocarbonyl (C=S) groups is 1. The molecule has 0 radical (unpaired) electrons. The van der Waals surface area contributed by atoms with Crippen LogP contribution in [0.3, 0.4) is 0 Å². The van der Waals surface area contributed by atoms with Crippen LogP contribution in [0.1, 0.15) is 17.3 Å². The van der Waals surface area contributed by atoms with Crippen LogP contribution in [-0.2, 0) is 9.53 Å². The lowest BCUT2D eigenvalue weighted by Gasteiger charge is -2.14. The van der Waals surface area contributed by atoms with Crippen LogP contribution in [0.2, 0.25) is 0 Å². The number of carbonyl (C=O) groups excluding carboxylic acids is 2. The van der Waals surface area contributed by atoms with Crippen molar-refractivity contribution in [3.63, 3.8) is 0 Å². The maximum atomic E-state index is 11.9. The zero-order valence-corrected chi connectivity index (χ0v) is 10.8. The first-order valence-corrected chi connectivity index (χ1v) is 5.78. The zero-order chi connectivity index (χ0) is 13.3. The van der Waals surface area contributed by atoms with Gasteiger partial charge in [0.1, 0.15) is 6.04 Å². The molecule has 1 N–H and O–H groups in total. The Morgan fingerprint density at radius 3 is 2.44 bits per heavy atom. The summed E-state index contributed by atoms with van der Waals surface area (Å²) in [5.41, 5.74) is 1.06. The van der Waals surface area contributed by atoms with E-state index < -0.39 is 5.97 Å². The van der Waals surface area contributed by atoms with Gasteiger partial charge in [0.2, 0.25) is 0 Å². The predicted octanol–water partition coefficient (Wildman–Crippen LogP) is 1.08. The topological polar surface area (TPSA) is 58.6 Å². The number of esters is 1. The van der Waals surface area contributed by atoms with Crippen molar-refractivity contribution in [2.24, 2.45) is 0 Å². The lowest BCUT2D eigenvalue weighted by atomic mass is 10.2. The highest BCUT2D eigenvalue weighted by atomic mass is 32.1. The van der Waals surface area contributed by atoms with Gasteiger partial charge in [-0.15, -0.1) is 0 Å². The van der Waals surface area contributed by atoms with E-state index in [1.165, 1.54) is 12.0 Å². The van der Waals surface area contributed by atoms with Crippen molar-refractivity contribution < 1.29 is 14.3 Å². The number of carbonyl (C=O) groups is 2.